The molecule has 2 N–H and O–H groups in total. The molecular weight excluding hydrogens is 372 g/mol. The van der Waals surface area contributed by atoms with Crippen LogP contribution >= 0.6 is 23.0 Å². The Morgan fingerprint density at radius 3 is 3.00 bits per heavy atom. The van der Waals surface area contributed by atoms with Crippen LogP contribution in [0, 0.1) is 0 Å². The van der Waals surface area contributed by atoms with Gasteiger partial charge in [-0.1, -0.05) is 0 Å². The van der Waals surface area contributed by atoms with Crippen molar-refractivity contribution < 1.29 is 16.9 Å². The van der Waals surface area contributed by atoms with Gasteiger partial charge in [0.1, 0.15) is 41.0 Å². The van der Waals surface area contributed by atoms with Crippen molar-refractivity contribution in [3.8, 4) is 0 Å². The van der Waals surface area contributed by atoms with Gasteiger partial charge in [0.2, 0.25) is 0 Å². The number of nitrogen functional groups attached to an aromatic ring is 1. The Balaban J connectivity index is 2.28. The summed E-state index contributed by atoms with van der Waals surface area (Å²) in [6.07, 6.45) is -2.65. The molecular formula is C10H13FIN3O4. The Morgan fingerprint density at radius 2 is 2.42 bits per heavy atom. The third-order valence-electron chi connectivity index (χ3n) is 2.83. The zero-order valence-corrected chi connectivity index (χ0v) is 12.2. The van der Waals surface area contributed by atoms with Crippen molar-refractivity contribution in [3.63, 3.8) is 0 Å². The predicted molar refractivity (Wildman–Crippen MR) is 72.5 cm³/mol. The predicted octanol–water partition coefficient (Wildman–Crippen LogP) is 0.443. The van der Waals surface area contributed by atoms with Crippen LogP contribution in [0.5, 0.6) is 0 Å². The molecule has 19 heavy (non-hydrogen) atoms. The summed E-state index contributed by atoms with van der Waals surface area (Å²) in [5.41, 5.74) is 4.72. The Hall–Kier alpha value is -0.780. The van der Waals surface area contributed by atoms with Gasteiger partial charge in [-0.25, -0.2) is 9.18 Å². The topological polar surface area (TPSA) is 88.6 Å². The van der Waals surface area contributed by atoms with E-state index in [0.29, 0.717) is 0 Å². The molecule has 1 saturated heterocycles. The summed E-state index contributed by atoms with van der Waals surface area (Å²) in [4.78, 5) is 15.2. The molecule has 2 unspecified atom stereocenters. The van der Waals surface area contributed by atoms with Crippen LogP contribution in [-0.4, -0.2) is 41.6 Å². The fourth-order valence-corrected chi connectivity index (χ4v) is 2.55. The maximum atomic E-state index is 14.3. The maximum Gasteiger partial charge on any atom is 0.351 e. The minimum Gasteiger partial charge on any atom is -0.383 e. The van der Waals surface area contributed by atoms with Crippen LogP contribution in [0.4, 0.5) is 10.2 Å². The molecule has 9 heteroatoms. The van der Waals surface area contributed by atoms with Gasteiger partial charge in [-0.2, -0.15) is 4.98 Å². The number of nitrogens with zero attached hydrogens (tertiary/aromatic N) is 2. The monoisotopic (exact) mass is 385 g/mol. The lowest BCUT2D eigenvalue weighted by atomic mass is 10.1. The number of anilines is 1. The summed E-state index contributed by atoms with van der Waals surface area (Å²) in [6.45, 7) is 0.168. The number of hydrogen-bond donors (Lipinski definition) is 1. The van der Waals surface area contributed by atoms with Gasteiger partial charge in [-0.05, 0) is 6.07 Å². The van der Waals surface area contributed by atoms with E-state index < -0.39 is 30.3 Å². The second-order valence-electron chi connectivity index (χ2n) is 4.06. The Morgan fingerprint density at radius 1 is 1.68 bits per heavy atom. The highest BCUT2D eigenvalue weighted by molar-refractivity contribution is 14.1. The molecule has 0 aliphatic carbocycles. The number of hydrogen-bond acceptors (Lipinski definition) is 6. The van der Waals surface area contributed by atoms with Gasteiger partial charge in [0.05, 0.1) is 6.61 Å². The molecule has 1 fully saturated rings. The second kappa shape index (κ2) is 6.11. The Bertz CT molecular complexity index is 500. The first kappa shape index (κ1) is 14.6. The SMILES string of the molecule is COC[C@H]1O[C@@H](n2ccc(N)nc2=O)C(F)C1OI. The molecule has 0 aromatic carbocycles. The second-order valence-corrected chi connectivity index (χ2v) is 4.57. The van der Waals surface area contributed by atoms with Crippen molar-refractivity contribution in [2.24, 2.45) is 0 Å². The summed E-state index contributed by atoms with van der Waals surface area (Å²) < 4.78 is 30.8. The lowest BCUT2D eigenvalue weighted by molar-refractivity contribution is -0.0523. The number of alkyl halides is 1. The average molecular weight is 385 g/mol. The standard InChI is InChI=1S/C10H13FIN3O4/c1-17-4-5-8(19-12)7(11)9(18-5)15-3-2-6(13)14-10(15)16/h2-3,5,7-9H,4H2,1H3,(H2,13,14,16)/t5-,7?,8?,9-/m1/s1. The normalized spacial score (nSPS) is 30.7. The highest BCUT2D eigenvalue weighted by atomic mass is 127. The van der Waals surface area contributed by atoms with E-state index in [2.05, 4.69) is 4.98 Å². The van der Waals surface area contributed by atoms with Crippen LogP contribution in [0.1, 0.15) is 6.23 Å². The molecule has 7 nitrogen and oxygen atoms in total. The van der Waals surface area contributed by atoms with Crippen LogP contribution in [0.3, 0.4) is 0 Å². The van der Waals surface area contributed by atoms with E-state index in [-0.39, 0.29) is 12.4 Å². The van der Waals surface area contributed by atoms with Crippen LogP contribution in [0.25, 0.3) is 0 Å². The van der Waals surface area contributed by atoms with Gasteiger partial charge in [-0.3, -0.25) is 4.57 Å². The number of methoxy groups -OCH3 is 1. The number of halogens is 2. The lowest BCUT2D eigenvalue weighted by Gasteiger charge is -2.15. The smallest absolute Gasteiger partial charge is 0.351 e. The van der Waals surface area contributed by atoms with Crippen molar-refractivity contribution in [3.05, 3.63) is 22.7 Å². The Labute approximate surface area is 122 Å². The van der Waals surface area contributed by atoms with E-state index >= 15 is 0 Å². The van der Waals surface area contributed by atoms with Crippen LogP contribution in [-0.2, 0) is 12.5 Å². The van der Waals surface area contributed by atoms with Crippen LogP contribution < -0.4 is 11.4 Å². The fraction of sp³-hybridized carbons (Fsp3) is 0.600. The Kier molecular flexibility index (Phi) is 4.71. The van der Waals surface area contributed by atoms with E-state index in [1.807, 2.05) is 0 Å². The largest absolute Gasteiger partial charge is 0.383 e. The van der Waals surface area contributed by atoms with E-state index in [4.69, 9.17) is 18.3 Å². The zero-order valence-electron chi connectivity index (χ0n) is 10.0. The third kappa shape index (κ3) is 2.88. The van der Waals surface area contributed by atoms with Gasteiger partial charge < -0.3 is 18.3 Å². The maximum absolute atomic E-state index is 14.3. The third-order valence-corrected chi connectivity index (χ3v) is 3.41. The summed E-state index contributed by atoms with van der Waals surface area (Å²) in [6, 6.07) is 1.40. The van der Waals surface area contributed by atoms with Crippen molar-refractivity contribution >= 4 is 28.8 Å². The molecule has 1 aliphatic heterocycles. The molecule has 0 saturated carbocycles. The van der Waals surface area contributed by atoms with Crippen molar-refractivity contribution in [2.45, 2.75) is 24.6 Å². The molecule has 0 amide bonds. The molecule has 1 aromatic rings. The molecule has 1 aliphatic rings. The van der Waals surface area contributed by atoms with E-state index in [1.54, 1.807) is 23.0 Å². The fourth-order valence-electron chi connectivity index (χ4n) is 1.94. The summed E-state index contributed by atoms with van der Waals surface area (Å²) in [5.74, 6) is 0.0739. The van der Waals surface area contributed by atoms with Gasteiger partial charge in [0.15, 0.2) is 12.4 Å². The zero-order chi connectivity index (χ0) is 14.0. The molecule has 4 atom stereocenters. The number of nitrogens with two attached hydrogens (primary N) is 1. The average Bonchev–Trinajstić information content (AvgIpc) is 2.66. The van der Waals surface area contributed by atoms with E-state index in [1.165, 1.54) is 19.4 Å². The number of aromatic nitrogens is 2. The van der Waals surface area contributed by atoms with Gasteiger partial charge in [0.25, 0.3) is 0 Å². The first-order valence-corrected chi connectivity index (χ1v) is 6.37. The molecule has 0 bridgehead atoms. The van der Waals surface area contributed by atoms with Crippen molar-refractivity contribution in [1.29, 1.82) is 0 Å². The summed E-state index contributed by atoms with van der Waals surface area (Å²) in [7, 11) is 1.48. The van der Waals surface area contributed by atoms with Gasteiger partial charge in [0, 0.05) is 13.3 Å². The van der Waals surface area contributed by atoms with Crippen LogP contribution in [0.2, 0.25) is 0 Å². The molecule has 2 heterocycles. The van der Waals surface area contributed by atoms with Crippen LogP contribution in [0.15, 0.2) is 17.1 Å². The molecule has 0 spiro atoms. The van der Waals surface area contributed by atoms with Crippen molar-refractivity contribution in [1.82, 2.24) is 9.55 Å². The highest BCUT2D eigenvalue weighted by Crippen LogP contribution is 2.34. The van der Waals surface area contributed by atoms with Gasteiger partial charge >= 0.3 is 5.69 Å². The quantitative estimate of drug-likeness (QED) is 0.757. The minimum atomic E-state index is -1.50. The molecule has 0 radical (unpaired) electrons. The molecule has 2 rings (SSSR count). The molecule has 1 aromatic heterocycles. The first-order valence-electron chi connectivity index (χ1n) is 5.49. The van der Waals surface area contributed by atoms with Crippen molar-refractivity contribution in [2.75, 3.05) is 19.5 Å². The van der Waals surface area contributed by atoms with E-state index in [9.17, 15) is 9.18 Å². The first-order chi connectivity index (χ1) is 9.08. The summed E-state index contributed by atoms with van der Waals surface area (Å²) >= 11 is 1.60. The lowest BCUT2D eigenvalue weighted by Crippen LogP contribution is -2.34. The highest BCUT2D eigenvalue weighted by Gasteiger charge is 2.47. The minimum absolute atomic E-state index is 0.0739. The number of ether oxygens (including phenoxy) is 2. The van der Waals surface area contributed by atoms with Gasteiger partial charge in [-0.15, -0.1) is 0 Å². The molecule has 106 valence electrons. The number of rotatable bonds is 4. The summed E-state index contributed by atoms with van der Waals surface area (Å²) in [5, 5.41) is 0. The van der Waals surface area contributed by atoms with E-state index in [0.717, 1.165) is 4.57 Å².